The summed E-state index contributed by atoms with van der Waals surface area (Å²) in [4.78, 5) is 6.95. The minimum atomic E-state index is 0.532. The molecular weight excluding hydrogens is 242 g/mol. The largest absolute Gasteiger partial charge is 0.361 e. The highest BCUT2D eigenvalue weighted by Gasteiger charge is 2.35. The molecule has 1 heterocycles. The third kappa shape index (κ3) is 4.47. The molecule has 2 aliphatic rings. The fourth-order valence-electron chi connectivity index (χ4n) is 2.55. The number of likely N-dealkylation sites (N-methyl/N-ethyl adjacent to an activating group) is 1. The first-order valence-corrected chi connectivity index (χ1v) is 8.05. The number of aliphatic imine (C=N–C) groups is 1. The van der Waals surface area contributed by atoms with Crippen LogP contribution in [0.1, 0.15) is 33.1 Å². The maximum absolute atomic E-state index is 4.68. The van der Waals surface area contributed by atoms with Gasteiger partial charge in [0, 0.05) is 17.8 Å². The number of thioether (sulfide) groups is 1. The van der Waals surface area contributed by atoms with Crippen LogP contribution < -0.4 is 5.32 Å². The predicted molar refractivity (Wildman–Crippen MR) is 81.3 cm³/mol. The average Bonchev–Trinajstić information content (AvgIpc) is 2.98. The highest BCUT2D eigenvalue weighted by molar-refractivity contribution is 8.14. The van der Waals surface area contributed by atoms with E-state index in [9.17, 15) is 0 Å². The van der Waals surface area contributed by atoms with Crippen LogP contribution in [0.4, 0.5) is 0 Å². The molecule has 18 heavy (non-hydrogen) atoms. The van der Waals surface area contributed by atoms with Gasteiger partial charge in [0.25, 0.3) is 0 Å². The first-order chi connectivity index (χ1) is 8.54. The Kier molecular flexibility index (Phi) is 4.96. The summed E-state index contributed by atoms with van der Waals surface area (Å²) in [5, 5.41) is 5.63. The van der Waals surface area contributed by atoms with Gasteiger partial charge in [-0.15, -0.1) is 0 Å². The smallest absolute Gasteiger partial charge is 0.157 e. The van der Waals surface area contributed by atoms with Crippen LogP contribution in [0.3, 0.4) is 0 Å². The van der Waals surface area contributed by atoms with Crippen LogP contribution in [0.5, 0.6) is 0 Å². The Balaban J connectivity index is 1.80. The zero-order valence-corrected chi connectivity index (χ0v) is 13.0. The van der Waals surface area contributed by atoms with Gasteiger partial charge in [0.1, 0.15) is 0 Å². The molecule has 0 saturated heterocycles. The fraction of sp³-hybridized carbons (Fsp3) is 0.929. The molecule has 0 bridgehead atoms. The first-order valence-electron chi connectivity index (χ1n) is 7.17. The third-order valence-corrected chi connectivity index (χ3v) is 4.80. The van der Waals surface area contributed by atoms with Gasteiger partial charge < -0.3 is 10.2 Å². The second kappa shape index (κ2) is 6.29. The summed E-state index contributed by atoms with van der Waals surface area (Å²) >= 11 is 1.98. The zero-order valence-electron chi connectivity index (χ0n) is 12.1. The van der Waals surface area contributed by atoms with E-state index in [2.05, 4.69) is 43.2 Å². The van der Waals surface area contributed by atoms with Crippen molar-refractivity contribution in [2.75, 3.05) is 27.2 Å². The number of hydrogen-bond donors (Lipinski definition) is 1. The molecule has 1 N–H and O–H groups in total. The summed E-state index contributed by atoms with van der Waals surface area (Å²) in [7, 11) is 4.29. The SMILES string of the molecule is CC(C)CC(CN(C)C)NC1=NCC(C2CC2)S1. The molecule has 0 aromatic carbocycles. The van der Waals surface area contributed by atoms with E-state index in [1.54, 1.807) is 0 Å². The predicted octanol–water partition coefficient (Wildman–Crippen LogP) is 2.43. The summed E-state index contributed by atoms with van der Waals surface area (Å²) in [5.41, 5.74) is 0. The van der Waals surface area contributed by atoms with E-state index < -0.39 is 0 Å². The Labute approximate surface area is 116 Å². The number of rotatable bonds is 6. The fourth-order valence-corrected chi connectivity index (χ4v) is 3.83. The van der Waals surface area contributed by atoms with Gasteiger partial charge in [0.05, 0.1) is 6.54 Å². The Morgan fingerprint density at radius 3 is 2.67 bits per heavy atom. The van der Waals surface area contributed by atoms with E-state index in [-0.39, 0.29) is 0 Å². The lowest BCUT2D eigenvalue weighted by Gasteiger charge is -2.24. The number of amidine groups is 1. The van der Waals surface area contributed by atoms with Crippen molar-refractivity contribution in [2.24, 2.45) is 16.8 Å². The van der Waals surface area contributed by atoms with Gasteiger partial charge in [-0.3, -0.25) is 4.99 Å². The quantitative estimate of drug-likeness (QED) is 0.802. The Hall–Kier alpha value is -0.220. The summed E-state index contributed by atoms with van der Waals surface area (Å²) in [6.45, 7) is 6.71. The monoisotopic (exact) mass is 269 g/mol. The highest BCUT2D eigenvalue weighted by Crippen LogP contribution is 2.41. The highest BCUT2D eigenvalue weighted by atomic mass is 32.2. The van der Waals surface area contributed by atoms with Crippen LogP contribution in [0.15, 0.2) is 4.99 Å². The first kappa shape index (κ1) is 14.2. The molecule has 0 aromatic heterocycles. The number of nitrogens with zero attached hydrogens (tertiary/aromatic N) is 2. The van der Waals surface area contributed by atoms with E-state index in [1.807, 2.05) is 11.8 Å². The van der Waals surface area contributed by atoms with Crippen LogP contribution in [0.25, 0.3) is 0 Å². The van der Waals surface area contributed by atoms with E-state index in [1.165, 1.54) is 24.4 Å². The van der Waals surface area contributed by atoms with Crippen LogP contribution in [0.2, 0.25) is 0 Å². The molecule has 1 aliphatic heterocycles. The van der Waals surface area contributed by atoms with Crippen LogP contribution >= 0.6 is 11.8 Å². The minimum absolute atomic E-state index is 0.532. The van der Waals surface area contributed by atoms with Crippen LogP contribution in [-0.4, -0.2) is 48.5 Å². The van der Waals surface area contributed by atoms with E-state index in [0.717, 1.165) is 30.2 Å². The molecule has 2 unspecified atom stereocenters. The lowest BCUT2D eigenvalue weighted by Crippen LogP contribution is -2.41. The van der Waals surface area contributed by atoms with Crippen LogP contribution in [0, 0.1) is 11.8 Å². The Bertz CT molecular complexity index is 287. The van der Waals surface area contributed by atoms with Gasteiger partial charge in [-0.2, -0.15) is 0 Å². The Morgan fingerprint density at radius 1 is 1.39 bits per heavy atom. The van der Waals surface area contributed by atoms with Crippen LogP contribution in [-0.2, 0) is 0 Å². The van der Waals surface area contributed by atoms with Crippen molar-refractivity contribution in [1.82, 2.24) is 10.2 Å². The average molecular weight is 269 g/mol. The molecule has 104 valence electrons. The van der Waals surface area contributed by atoms with Gasteiger partial charge >= 0.3 is 0 Å². The van der Waals surface area contributed by atoms with Gasteiger partial charge in [-0.1, -0.05) is 25.6 Å². The molecular formula is C14H27N3S. The summed E-state index contributed by atoms with van der Waals surface area (Å²) in [6.07, 6.45) is 4.06. The molecule has 2 rings (SSSR count). The molecule has 3 nitrogen and oxygen atoms in total. The molecule has 4 heteroatoms. The molecule has 1 aliphatic carbocycles. The van der Waals surface area contributed by atoms with Gasteiger partial charge in [0.2, 0.25) is 0 Å². The van der Waals surface area contributed by atoms with Gasteiger partial charge in [0.15, 0.2) is 5.17 Å². The second-order valence-electron chi connectivity index (χ2n) is 6.37. The topological polar surface area (TPSA) is 27.6 Å². The van der Waals surface area contributed by atoms with Crippen molar-refractivity contribution in [1.29, 1.82) is 0 Å². The zero-order chi connectivity index (χ0) is 13.1. The molecule has 1 saturated carbocycles. The van der Waals surface area contributed by atoms with E-state index >= 15 is 0 Å². The van der Waals surface area contributed by atoms with Crippen molar-refractivity contribution < 1.29 is 0 Å². The molecule has 1 fully saturated rings. The van der Waals surface area contributed by atoms with Crippen molar-refractivity contribution >= 4 is 16.9 Å². The molecule has 0 radical (unpaired) electrons. The second-order valence-corrected chi connectivity index (χ2v) is 7.60. The lowest BCUT2D eigenvalue weighted by atomic mass is 10.0. The maximum Gasteiger partial charge on any atom is 0.157 e. The van der Waals surface area contributed by atoms with E-state index in [0.29, 0.717) is 6.04 Å². The van der Waals surface area contributed by atoms with Crippen molar-refractivity contribution in [3.8, 4) is 0 Å². The van der Waals surface area contributed by atoms with Crippen molar-refractivity contribution in [3.63, 3.8) is 0 Å². The van der Waals surface area contributed by atoms with Gasteiger partial charge in [-0.25, -0.2) is 0 Å². The van der Waals surface area contributed by atoms with Crippen molar-refractivity contribution in [3.05, 3.63) is 0 Å². The summed E-state index contributed by atoms with van der Waals surface area (Å²) in [6, 6.07) is 0.532. The standard InChI is InChI=1S/C14H27N3S/c1-10(2)7-12(9-17(3)4)16-14-15-8-13(18-14)11-5-6-11/h10-13H,5-9H2,1-4H3,(H,15,16). The lowest BCUT2D eigenvalue weighted by molar-refractivity contribution is 0.329. The number of hydrogen-bond acceptors (Lipinski definition) is 4. The molecule has 0 spiro atoms. The van der Waals surface area contributed by atoms with Gasteiger partial charge in [-0.05, 0) is 45.2 Å². The summed E-state index contributed by atoms with van der Waals surface area (Å²) in [5.74, 6) is 1.68. The molecule has 2 atom stereocenters. The Morgan fingerprint density at radius 2 is 2.11 bits per heavy atom. The third-order valence-electron chi connectivity index (χ3n) is 3.49. The minimum Gasteiger partial charge on any atom is -0.361 e. The van der Waals surface area contributed by atoms with E-state index in [4.69, 9.17) is 0 Å². The molecule has 0 amide bonds. The van der Waals surface area contributed by atoms with Crippen molar-refractivity contribution in [2.45, 2.75) is 44.4 Å². The maximum atomic E-state index is 4.68. The number of nitrogens with one attached hydrogen (secondary N) is 1. The normalized spacial score (nSPS) is 25.7. The molecule has 0 aromatic rings. The summed E-state index contributed by atoms with van der Waals surface area (Å²) < 4.78 is 0.